The average molecular weight is 292 g/mol. The van der Waals surface area contributed by atoms with Crippen molar-refractivity contribution >= 4 is 5.91 Å². The molecule has 1 N–H and O–H groups in total. The van der Waals surface area contributed by atoms with Crippen LogP contribution < -0.4 is 10.1 Å². The number of carbonyl (C=O) groups is 1. The smallest absolute Gasteiger partial charge is 0.222 e. The van der Waals surface area contributed by atoms with Crippen LogP contribution in [0.3, 0.4) is 0 Å². The van der Waals surface area contributed by atoms with Crippen molar-refractivity contribution in [3.8, 4) is 5.75 Å². The minimum absolute atomic E-state index is 0.189. The molecule has 118 valence electrons. The molecule has 0 unspecified atom stereocenters. The summed E-state index contributed by atoms with van der Waals surface area (Å²) in [6.45, 7) is 8.39. The number of hydrogen-bond donors (Lipinski definition) is 1. The van der Waals surface area contributed by atoms with Crippen molar-refractivity contribution in [1.82, 2.24) is 10.2 Å². The number of hydrogen-bond acceptors (Lipinski definition) is 3. The lowest BCUT2D eigenvalue weighted by molar-refractivity contribution is -0.130. The monoisotopic (exact) mass is 292 g/mol. The molecule has 0 saturated heterocycles. The van der Waals surface area contributed by atoms with E-state index in [2.05, 4.69) is 19.2 Å². The molecule has 1 aromatic rings. The Morgan fingerprint density at radius 1 is 1.29 bits per heavy atom. The van der Waals surface area contributed by atoms with Crippen LogP contribution in [-0.4, -0.2) is 37.0 Å². The van der Waals surface area contributed by atoms with Gasteiger partial charge in [0.15, 0.2) is 0 Å². The zero-order chi connectivity index (χ0) is 15.7. The first-order chi connectivity index (χ1) is 10.0. The van der Waals surface area contributed by atoms with Gasteiger partial charge in [-0.05, 0) is 37.6 Å². The van der Waals surface area contributed by atoms with Gasteiger partial charge in [-0.2, -0.15) is 0 Å². The van der Waals surface area contributed by atoms with Crippen LogP contribution in [0.1, 0.15) is 39.2 Å². The summed E-state index contributed by atoms with van der Waals surface area (Å²) in [6.07, 6.45) is 1.47. The molecule has 1 aromatic carbocycles. The van der Waals surface area contributed by atoms with Crippen molar-refractivity contribution in [3.05, 3.63) is 29.8 Å². The number of nitrogens with zero attached hydrogens (tertiary/aromatic N) is 1. The molecule has 0 saturated carbocycles. The first-order valence-electron chi connectivity index (χ1n) is 7.72. The third-order valence-corrected chi connectivity index (χ3v) is 3.20. The highest BCUT2D eigenvalue weighted by molar-refractivity contribution is 5.75. The summed E-state index contributed by atoms with van der Waals surface area (Å²) < 4.78 is 5.41. The van der Waals surface area contributed by atoms with E-state index in [9.17, 15) is 4.79 Å². The zero-order valence-corrected chi connectivity index (χ0v) is 13.7. The normalized spacial score (nSPS) is 10.7. The highest BCUT2D eigenvalue weighted by Crippen LogP contribution is 2.13. The molecule has 0 radical (unpaired) electrons. The third kappa shape index (κ3) is 7.14. The molecule has 0 bridgehead atoms. The fraction of sp³-hybridized carbons (Fsp3) is 0.588. The highest BCUT2D eigenvalue weighted by atomic mass is 16.5. The molecule has 0 aliphatic rings. The number of ether oxygens (including phenoxy) is 1. The highest BCUT2D eigenvalue weighted by Gasteiger charge is 2.09. The Kier molecular flexibility index (Phi) is 7.83. The number of nitrogens with one attached hydrogen (secondary N) is 1. The van der Waals surface area contributed by atoms with Gasteiger partial charge < -0.3 is 15.0 Å². The fourth-order valence-electron chi connectivity index (χ4n) is 2.04. The van der Waals surface area contributed by atoms with E-state index in [4.69, 9.17) is 4.74 Å². The number of benzene rings is 1. The predicted molar refractivity (Wildman–Crippen MR) is 86.5 cm³/mol. The first kappa shape index (κ1) is 17.5. The summed E-state index contributed by atoms with van der Waals surface area (Å²) in [5.74, 6) is 1.06. The van der Waals surface area contributed by atoms with Crippen LogP contribution in [0.5, 0.6) is 5.75 Å². The Hall–Kier alpha value is -1.55. The topological polar surface area (TPSA) is 41.6 Å². The molecule has 1 rings (SSSR count). The van der Waals surface area contributed by atoms with Crippen molar-refractivity contribution in [2.75, 3.05) is 20.2 Å². The summed E-state index contributed by atoms with van der Waals surface area (Å²) >= 11 is 0. The summed E-state index contributed by atoms with van der Waals surface area (Å²) in [4.78, 5) is 13.8. The number of rotatable bonds is 9. The van der Waals surface area contributed by atoms with Crippen LogP contribution in [0.25, 0.3) is 0 Å². The Bertz CT molecular complexity index is 415. The van der Waals surface area contributed by atoms with Gasteiger partial charge in [0.2, 0.25) is 5.91 Å². The Labute approximate surface area is 128 Å². The second kappa shape index (κ2) is 9.40. The maximum absolute atomic E-state index is 12.0. The molecule has 4 nitrogen and oxygen atoms in total. The van der Waals surface area contributed by atoms with Crippen LogP contribution in [-0.2, 0) is 11.3 Å². The molecule has 0 heterocycles. The van der Waals surface area contributed by atoms with Crippen LogP contribution in [0.2, 0.25) is 0 Å². The Morgan fingerprint density at radius 2 is 1.95 bits per heavy atom. The van der Waals surface area contributed by atoms with Crippen LogP contribution >= 0.6 is 0 Å². The maximum atomic E-state index is 12.0. The van der Waals surface area contributed by atoms with Crippen molar-refractivity contribution in [1.29, 1.82) is 0 Å². The molecule has 0 fully saturated rings. The molecule has 0 aliphatic heterocycles. The molecule has 4 heteroatoms. The Balaban J connectivity index is 2.34. The van der Waals surface area contributed by atoms with Crippen molar-refractivity contribution in [2.45, 2.75) is 46.2 Å². The van der Waals surface area contributed by atoms with Gasteiger partial charge in [0.25, 0.3) is 0 Å². The first-order valence-corrected chi connectivity index (χ1v) is 7.72. The predicted octanol–water partition coefficient (Wildman–Crippen LogP) is 2.82. The molecule has 0 aliphatic carbocycles. The van der Waals surface area contributed by atoms with E-state index in [1.54, 1.807) is 4.90 Å². The number of amides is 1. The van der Waals surface area contributed by atoms with Crippen LogP contribution in [0.4, 0.5) is 0 Å². The van der Waals surface area contributed by atoms with E-state index in [0.717, 1.165) is 24.3 Å². The van der Waals surface area contributed by atoms with E-state index in [1.807, 2.05) is 38.2 Å². The maximum Gasteiger partial charge on any atom is 0.222 e. The van der Waals surface area contributed by atoms with Gasteiger partial charge >= 0.3 is 0 Å². The lowest BCUT2D eigenvalue weighted by atomic mass is 10.2. The zero-order valence-electron chi connectivity index (χ0n) is 13.7. The minimum atomic E-state index is 0.189. The lowest BCUT2D eigenvalue weighted by Gasteiger charge is -2.18. The average Bonchev–Trinajstić information content (AvgIpc) is 2.45. The fourth-order valence-corrected chi connectivity index (χ4v) is 2.04. The molecule has 0 spiro atoms. The summed E-state index contributed by atoms with van der Waals surface area (Å²) in [5, 5.41) is 3.32. The van der Waals surface area contributed by atoms with E-state index in [0.29, 0.717) is 25.6 Å². The second-order valence-electron chi connectivity index (χ2n) is 5.54. The van der Waals surface area contributed by atoms with Gasteiger partial charge in [0.1, 0.15) is 5.75 Å². The van der Waals surface area contributed by atoms with Gasteiger partial charge in [0, 0.05) is 26.1 Å². The van der Waals surface area contributed by atoms with Crippen LogP contribution in [0, 0.1) is 0 Å². The molecular formula is C17H28N2O2. The van der Waals surface area contributed by atoms with Crippen molar-refractivity contribution in [3.63, 3.8) is 0 Å². The van der Waals surface area contributed by atoms with Gasteiger partial charge in [-0.25, -0.2) is 0 Å². The summed E-state index contributed by atoms with van der Waals surface area (Å²) in [6, 6.07) is 8.39. The van der Waals surface area contributed by atoms with E-state index >= 15 is 0 Å². The quantitative estimate of drug-likeness (QED) is 0.712. The van der Waals surface area contributed by atoms with E-state index in [1.165, 1.54) is 0 Å². The van der Waals surface area contributed by atoms with E-state index < -0.39 is 0 Å². The summed E-state index contributed by atoms with van der Waals surface area (Å²) in [5.41, 5.74) is 1.12. The lowest BCUT2D eigenvalue weighted by Crippen LogP contribution is -2.28. The van der Waals surface area contributed by atoms with Gasteiger partial charge in [-0.1, -0.05) is 26.0 Å². The largest absolute Gasteiger partial charge is 0.494 e. The molecule has 0 atom stereocenters. The minimum Gasteiger partial charge on any atom is -0.494 e. The molecule has 0 aromatic heterocycles. The number of carbonyl (C=O) groups excluding carboxylic acids is 1. The van der Waals surface area contributed by atoms with Crippen LogP contribution in [0.15, 0.2) is 24.3 Å². The van der Waals surface area contributed by atoms with Gasteiger partial charge in [-0.15, -0.1) is 0 Å². The van der Waals surface area contributed by atoms with Crippen molar-refractivity contribution in [2.24, 2.45) is 0 Å². The van der Waals surface area contributed by atoms with E-state index in [-0.39, 0.29) is 5.91 Å². The summed E-state index contributed by atoms with van der Waals surface area (Å²) in [7, 11) is 1.86. The Morgan fingerprint density at radius 3 is 2.52 bits per heavy atom. The SMILES string of the molecule is CCOc1ccc(CN(C)C(=O)CCCNC(C)C)cc1. The molecular weight excluding hydrogens is 264 g/mol. The van der Waals surface area contributed by atoms with Crippen molar-refractivity contribution < 1.29 is 9.53 Å². The van der Waals surface area contributed by atoms with Gasteiger partial charge in [0.05, 0.1) is 6.61 Å². The second-order valence-corrected chi connectivity index (χ2v) is 5.54. The molecule has 1 amide bonds. The molecule has 21 heavy (non-hydrogen) atoms. The third-order valence-electron chi connectivity index (χ3n) is 3.20. The standard InChI is InChI=1S/C17H28N2O2/c1-5-21-16-10-8-15(9-11-16)13-19(4)17(20)7-6-12-18-14(2)3/h8-11,14,18H,5-7,12-13H2,1-4H3. The van der Waals surface area contributed by atoms with Gasteiger partial charge in [-0.3, -0.25) is 4.79 Å².